The van der Waals surface area contributed by atoms with E-state index in [0.29, 0.717) is 17.2 Å². The van der Waals surface area contributed by atoms with E-state index < -0.39 is 12.1 Å². The Morgan fingerprint density at radius 2 is 2.17 bits per heavy atom. The summed E-state index contributed by atoms with van der Waals surface area (Å²) >= 11 is 1.33. The van der Waals surface area contributed by atoms with E-state index in [0.717, 1.165) is 13.1 Å². The van der Waals surface area contributed by atoms with E-state index in [4.69, 9.17) is 4.74 Å². The van der Waals surface area contributed by atoms with Crippen LogP contribution in [0.1, 0.15) is 31.3 Å². The van der Waals surface area contributed by atoms with Gasteiger partial charge in [-0.2, -0.15) is 0 Å². The van der Waals surface area contributed by atoms with Crippen LogP contribution in [-0.2, 0) is 4.74 Å². The van der Waals surface area contributed by atoms with Crippen LogP contribution in [0.3, 0.4) is 0 Å². The lowest BCUT2D eigenvalue weighted by Crippen LogP contribution is -2.23. The highest BCUT2D eigenvalue weighted by molar-refractivity contribution is 7.13. The Bertz CT molecular complexity index is 717. The number of carbonyl (C=O) groups excluding carboxylic acids is 1. The summed E-state index contributed by atoms with van der Waals surface area (Å²) < 4.78 is 5.31. The molecule has 0 aromatic carbocycles. The summed E-state index contributed by atoms with van der Waals surface area (Å²) in [6.45, 7) is 8.50. The summed E-state index contributed by atoms with van der Waals surface area (Å²) in [4.78, 5) is 26.7. The molecule has 0 amide bonds. The Labute approximate surface area is 145 Å². The van der Waals surface area contributed by atoms with E-state index in [2.05, 4.69) is 45.5 Å². The third-order valence-electron chi connectivity index (χ3n) is 3.28. The fraction of sp³-hybridized carbons (Fsp3) is 0.412. The molecular formula is C17H20N4O2S. The van der Waals surface area contributed by atoms with E-state index in [1.165, 1.54) is 11.3 Å². The van der Waals surface area contributed by atoms with Gasteiger partial charge in [-0.3, -0.25) is 14.9 Å². The van der Waals surface area contributed by atoms with Gasteiger partial charge in [-0.05, 0) is 20.0 Å². The molecule has 0 unspecified atom stereocenters. The third-order valence-corrected chi connectivity index (χ3v) is 4.15. The third kappa shape index (κ3) is 5.11. The van der Waals surface area contributed by atoms with Crippen molar-refractivity contribution in [2.75, 3.05) is 19.6 Å². The van der Waals surface area contributed by atoms with E-state index in [1.807, 2.05) is 0 Å². The standard InChI is InChI=1S/C17H20N4O2S/c1-4-21(5-2)10-6-7-13(3)23-17(22)15-12-24-16(20-15)14-11-18-8-9-19-14/h8-9,11-13H,4-5,10H2,1-3H3/t13-/m1/s1. The van der Waals surface area contributed by atoms with Crippen LogP contribution >= 0.6 is 11.3 Å². The molecule has 2 rings (SSSR count). The number of hydrogen-bond acceptors (Lipinski definition) is 7. The first kappa shape index (κ1) is 18.0. The highest BCUT2D eigenvalue weighted by Gasteiger charge is 2.15. The molecule has 0 N–H and O–H groups in total. The molecule has 2 aromatic rings. The number of thiazole rings is 1. The molecule has 24 heavy (non-hydrogen) atoms. The monoisotopic (exact) mass is 344 g/mol. The van der Waals surface area contributed by atoms with Gasteiger partial charge >= 0.3 is 5.97 Å². The quantitative estimate of drug-likeness (QED) is 0.592. The van der Waals surface area contributed by atoms with Crippen LogP contribution in [0, 0.1) is 11.8 Å². The molecule has 0 aliphatic carbocycles. The van der Waals surface area contributed by atoms with Crippen molar-refractivity contribution in [2.45, 2.75) is 26.9 Å². The molecule has 0 radical (unpaired) electrons. The van der Waals surface area contributed by atoms with E-state index in [1.54, 1.807) is 30.9 Å². The van der Waals surface area contributed by atoms with Crippen molar-refractivity contribution in [3.8, 4) is 22.5 Å². The normalized spacial score (nSPS) is 11.7. The first-order valence-corrected chi connectivity index (χ1v) is 8.65. The largest absolute Gasteiger partial charge is 0.445 e. The van der Waals surface area contributed by atoms with E-state index in [9.17, 15) is 4.79 Å². The number of carbonyl (C=O) groups is 1. The van der Waals surface area contributed by atoms with Crippen molar-refractivity contribution in [2.24, 2.45) is 0 Å². The van der Waals surface area contributed by atoms with Crippen LogP contribution in [-0.4, -0.2) is 51.6 Å². The molecule has 0 saturated heterocycles. The molecule has 0 spiro atoms. The maximum atomic E-state index is 12.1. The Kier molecular flexibility index (Phi) is 6.85. The Morgan fingerprint density at radius 1 is 1.38 bits per heavy atom. The maximum absolute atomic E-state index is 12.1. The zero-order chi connectivity index (χ0) is 17.4. The molecular weight excluding hydrogens is 324 g/mol. The minimum Gasteiger partial charge on any atom is -0.445 e. The number of ether oxygens (including phenoxy) is 1. The molecule has 2 heterocycles. The number of aromatic nitrogens is 3. The zero-order valence-electron chi connectivity index (χ0n) is 14.0. The second kappa shape index (κ2) is 9.11. The topological polar surface area (TPSA) is 68.2 Å². The fourth-order valence-electron chi connectivity index (χ4n) is 1.89. The SMILES string of the molecule is CCN(CC)CC#C[C@@H](C)OC(=O)c1csc(-c2cnccn2)n1. The summed E-state index contributed by atoms with van der Waals surface area (Å²) in [5, 5.41) is 2.29. The van der Waals surface area contributed by atoms with Crippen molar-refractivity contribution in [1.82, 2.24) is 19.9 Å². The van der Waals surface area contributed by atoms with Crippen LogP contribution in [0.15, 0.2) is 24.0 Å². The lowest BCUT2D eigenvalue weighted by molar-refractivity contribution is 0.0432. The molecule has 7 heteroatoms. The minimum atomic E-state index is -0.481. The lowest BCUT2D eigenvalue weighted by Gasteiger charge is -2.13. The van der Waals surface area contributed by atoms with Gasteiger partial charge in [0, 0.05) is 17.8 Å². The van der Waals surface area contributed by atoms with Gasteiger partial charge in [-0.1, -0.05) is 25.7 Å². The summed E-state index contributed by atoms with van der Waals surface area (Å²) in [5.41, 5.74) is 0.895. The van der Waals surface area contributed by atoms with E-state index in [-0.39, 0.29) is 5.69 Å². The van der Waals surface area contributed by atoms with Crippen LogP contribution in [0.5, 0.6) is 0 Å². The molecule has 2 aromatic heterocycles. The lowest BCUT2D eigenvalue weighted by atomic mass is 10.3. The van der Waals surface area contributed by atoms with Crippen molar-refractivity contribution in [3.63, 3.8) is 0 Å². The number of rotatable bonds is 6. The van der Waals surface area contributed by atoms with Crippen LogP contribution < -0.4 is 0 Å². The summed E-state index contributed by atoms with van der Waals surface area (Å²) in [5.74, 6) is 5.50. The van der Waals surface area contributed by atoms with Crippen LogP contribution in [0.25, 0.3) is 10.7 Å². The van der Waals surface area contributed by atoms with Crippen molar-refractivity contribution >= 4 is 17.3 Å². The molecule has 126 valence electrons. The number of esters is 1. The Hall–Kier alpha value is -2.30. The smallest absolute Gasteiger partial charge is 0.359 e. The van der Waals surface area contributed by atoms with Gasteiger partial charge < -0.3 is 4.74 Å². The Balaban J connectivity index is 1.93. The van der Waals surface area contributed by atoms with Crippen molar-refractivity contribution in [3.05, 3.63) is 29.7 Å². The van der Waals surface area contributed by atoms with Gasteiger partial charge in [-0.15, -0.1) is 11.3 Å². The van der Waals surface area contributed by atoms with E-state index >= 15 is 0 Å². The maximum Gasteiger partial charge on any atom is 0.359 e. The molecule has 0 saturated carbocycles. The van der Waals surface area contributed by atoms with Crippen molar-refractivity contribution < 1.29 is 9.53 Å². The summed E-state index contributed by atoms with van der Waals surface area (Å²) in [6.07, 6.45) is 4.30. The van der Waals surface area contributed by atoms with Gasteiger partial charge in [0.1, 0.15) is 10.7 Å². The fourth-order valence-corrected chi connectivity index (χ4v) is 2.64. The second-order valence-electron chi connectivity index (χ2n) is 4.96. The Morgan fingerprint density at radius 3 is 2.83 bits per heavy atom. The molecule has 1 atom stereocenters. The van der Waals surface area contributed by atoms with Gasteiger partial charge in [0.15, 0.2) is 11.8 Å². The molecule has 0 aliphatic rings. The first-order valence-electron chi connectivity index (χ1n) is 7.77. The second-order valence-corrected chi connectivity index (χ2v) is 5.82. The van der Waals surface area contributed by atoms with Crippen LogP contribution in [0.2, 0.25) is 0 Å². The van der Waals surface area contributed by atoms with Gasteiger partial charge in [0.25, 0.3) is 0 Å². The average molecular weight is 344 g/mol. The predicted octanol–water partition coefficient (Wildman–Crippen LogP) is 2.49. The minimum absolute atomic E-state index is 0.262. The molecule has 6 nitrogen and oxygen atoms in total. The summed E-state index contributed by atoms with van der Waals surface area (Å²) in [6, 6.07) is 0. The molecule has 0 aliphatic heterocycles. The van der Waals surface area contributed by atoms with Crippen LogP contribution in [0.4, 0.5) is 0 Å². The molecule has 0 fully saturated rings. The number of nitrogens with zero attached hydrogens (tertiary/aromatic N) is 4. The highest BCUT2D eigenvalue weighted by Crippen LogP contribution is 2.21. The number of hydrogen-bond donors (Lipinski definition) is 0. The summed E-state index contributed by atoms with van der Waals surface area (Å²) in [7, 11) is 0. The average Bonchev–Trinajstić information content (AvgIpc) is 3.10. The van der Waals surface area contributed by atoms with Gasteiger partial charge in [0.05, 0.1) is 12.7 Å². The molecule has 0 bridgehead atoms. The van der Waals surface area contributed by atoms with Gasteiger partial charge in [0.2, 0.25) is 0 Å². The van der Waals surface area contributed by atoms with Crippen molar-refractivity contribution in [1.29, 1.82) is 0 Å². The zero-order valence-corrected chi connectivity index (χ0v) is 14.8. The first-order chi connectivity index (χ1) is 11.6. The highest BCUT2D eigenvalue weighted by atomic mass is 32.1. The predicted molar refractivity (Wildman–Crippen MR) is 93.6 cm³/mol. The van der Waals surface area contributed by atoms with Gasteiger partial charge in [-0.25, -0.2) is 9.78 Å².